The molecule has 0 radical (unpaired) electrons. The van der Waals surface area contributed by atoms with Gasteiger partial charge in [-0.2, -0.15) is 0 Å². The van der Waals surface area contributed by atoms with Gasteiger partial charge in [-0.05, 0) is 50.8 Å². The standard InChI is InChI=1S/C22H26N4O3S2/c1-4-14(3)26-21(28)17(31-22(26)30)11-16-18(23-12-15-8-6-10-29-15)24-19-13(2)7-5-9-25(19)20(16)27/h5,7,9,11,14-15,23H,4,6,8,10,12H2,1-3H3/b17-11+/t14-,15-/m0/s1. The second-order valence-corrected chi connectivity index (χ2v) is 9.56. The molecule has 2 aromatic rings. The molecule has 2 atom stereocenters. The largest absolute Gasteiger partial charge is 0.376 e. The number of ether oxygens (including phenoxy) is 1. The van der Waals surface area contributed by atoms with Crippen molar-refractivity contribution in [1.82, 2.24) is 14.3 Å². The third kappa shape index (κ3) is 4.26. The number of aryl methyl sites for hydroxylation is 1. The number of carbonyl (C=O) groups excluding carboxylic acids is 1. The van der Waals surface area contributed by atoms with E-state index in [1.807, 2.05) is 32.9 Å². The van der Waals surface area contributed by atoms with Gasteiger partial charge in [-0.1, -0.05) is 37.0 Å². The quantitative estimate of drug-likeness (QED) is 0.524. The van der Waals surface area contributed by atoms with Gasteiger partial charge in [0, 0.05) is 25.4 Å². The lowest BCUT2D eigenvalue weighted by Crippen LogP contribution is -2.36. The monoisotopic (exact) mass is 458 g/mol. The summed E-state index contributed by atoms with van der Waals surface area (Å²) in [6.07, 6.45) is 6.22. The maximum atomic E-state index is 13.4. The number of carbonyl (C=O) groups is 1. The number of amides is 1. The third-order valence-electron chi connectivity index (χ3n) is 5.74. The average molecular weight is 459 g/mol. The van der Waals surface area contributed by atoms with Crippen molar-refractivity contribution in [2.24, 2.45) is 0 Å². The molecule has 0 bridgehead atoms. The normalized spacial score (nSPS) is 21.5. The fourth-order valence-electron chi connectivity index (χ4n) is 3.77. The molecule has 2 aliphatic heterocycles. The van der Waals surface area contributed by atoms with E-state index in [1.165, 1.54) is 16.2 Å². The van der Waals surface area contributed by atoms with Crippen LogP contribution in [0.4, 0.5) is 5.82 Å². The van der Waals surface area contributed by atoms with E-state index in [0.29, 0.717) is 32.8 Å². The topological polar surface area (TPSA) is 75.9 Å². The van der Waals surface area contributed by atoms with Crippen molar-refractivity contribution >= 4 is 51.7 Å². The number of thiocarbonyl (C=S) groups is 1. The Morgan fingerprint density at radius 3 is 2.97 bits per heavy atom. The predicted molar refractivity (Wildman–Crippen MR) is 128 cm³/mol. The van der Waals surface area contributed by atoms with Crippen LogP contribution in [0.5, 0.6) is 0 Å². The number of nitrogens with one attached hydrogen (secondary N) is 1. The van der Waals surface area contributed by atoms with Crippen molar-refractivity contribution in [3.8, 4) is 0 Å². The number of anilines is 1. The lowest BCUT2D eigenvalue weighted by molar-refractivity contribution is -0.123. The Bertz CT molecular complexity index is 1120. The molecular formula is C22H26N4O3S2. The van der Waals surface area contributed by atoms with E-state index in [4.69, 9.17) is 21.9 Å². The SMILES string of the molecule is CC[C@H](C)N1C(=O)/C(=C\c2c(NC[C@@H]3CCCO3)nc3c(C)cccn3c2=O)SC1=S. The molecule has 9 heteroatoms. The summed E-state index contributed by atoms with van der Waals surface area (Å²) >= 11 is 6.66. The lowest BCUT2D eigenvalue weighted by Gasteiger charge is -2.21. The van der Waals surface area contributed by atoms with Crippen LogP contribution < -0.4 is 10.9 Å². The van der Waals surface area contributed by atoms with Crippen LogP contribution in [0, 0.1) is 6.92 Å². The summed E-state index contributed by atoms with van der Waals surface area (Å²) in [5, 5.41) is 3.30. The van der Waals surface area contributed by atoms with E-state index >= 15 is 0 Å². The van der Waals surface area contributed by atoms with Crippen molar-refractivity contribution in [3.63, 3.8) is 0 Å². The summed E-state index contributed by atoms with van der Waals surface area (Å²) in [4.78, 5) is 33.2. The van der Waals surface area contributed by atoms with Gasteiger partial charge in [0.2, 0.25) is 0 Å². The van der Waals surface area contributed by atoms with Crippen LogP contribution in [0.15, 0.2) is 28.0 Å². The molecule has 4 rings (SSSR count). The second kappa shape index (κ2) is 9.10. The Balaban J connectivity index is 1.78. The van der Waals surface area contributed by atoms with Gasteiger partial charge in [-0.15, -0.1) is 0 Å². The van der Waals surface area contributed by atoms with Crippen molar-refractivity contribution in [2.75, 3.05) is 18.5 Å². The number of thioether (sulfide) groups is 1. The van der Waals surface area contributed by atoms with Crippen molar-refractivity contribution < 1.29 is 9.53 Å². The van der Waals surface area contributed by atoms with Crippen LogP contribution in [-0.2, 0) is 9.53 Å². The number of nitrogens with zero attached hydrogens (tertiary/aromatic N) is 3. The van der Waals surface area contributed by atoms with Crippen LogP contribution in [-0.4, -0.2) is 49.8 Å². The minimum atomic E-state index is -0.225. The molecule has 0 aromatic carbocycles. The summed E-state index contributed by atoms with van der Waals surface area (Å²) in [7, 11) is 0. The second-order valence-electron chi connectivity index (χ2n) is 7.89. The van der Waals surface area contributed by atoms with E-state index in [2.05, 4.69) is 5.32 Å². The van der Waals surface area contributed by atoms with E-state index in [9.17, 15) is 9.59 Å². The van der Waals surface area contributed by atoms with E-state index in [0.717, 1.165) is 31.4 Å². The molecule has 7 nitrogen and oxygen atoms in total. The minimum absolute atomic E-state index is 0.00832. The first kappa shape index (κ1) is 22.0. The van der Waals surface area contributed by atoms with Gasteiger partial charge in [0.25, 0.3) is 11.5 Å². The fraction of sp³-hybridized carbons (Fsp3) is 0.455. The number of fused-ring (bicyclic) bond motifs is 1. The van der Waals surface area contributed by atoms with Crippen LogP contribution in [0.2, 0.25) is 0 Å². The molecule has 2 aliphatic rings. The van der Waals surface area contributed by atoms with Crippen molar-refractivity contribution in [2.45, 2.75) is 52.2 Å². The Morgan fingerprint density at radius 2 is 2.26 bits per heavy atom. The van der Waals surface area contributed by atoms with Gasteiger partial charge >= 0.3 is 0 Å². The van der Waals surface area contributed by atoms with Gasteiger partial charge < -0.3 is 10.1 Å². The van der Waals surface area contributed by atoms with E-state index in [-0.39, 0.29) is 23.6 Å². The summed E-state index contributed by atoms with van der Waals surface area (Å²) in [6, 6.07) is 3.74. The molecule has 1 N–H and O–H groups in total. The average Bonchev–Trinajstić information content (AvgIpc) is 3.37. The Labute approximate surface area is 190 Å². The zero-order chi connectivity index (χ0) is 22.1. The van der Waals surface area contributed by atoms with Crippen LogP contribution in [0.25, 0.3) is 11.7 Å². The summed E-state index contributed by atoms with van der Waals surface area (Å²) < 4.78 is 7.74. The van der Waals surface area contributed by atoms with E-state index < -0.39 is 0 Å². The number of rotatable bonds is 6. The highest BCUT2D eigenvalue weighted by molar-refractivity contribution is 8.26. The summed E-state index contributed by atoms with van der Waals surface area (Å²) in [6.45, 7) is 7.22. The first-order chi connectivity index (χ1) is 14.9. The maximum Gasteiger partial charge on any atom is 0.267 e. The molecule has 2 fully saturated rings. The van der Waals surface area contributed by atoms with Gasteiger partial charge in [-0.25, -0.2) is 4.98 Å². The molecule has 0 spiro atoms. The molecule has 0 unspecified atom stereocenters. The third-order valence-corrected chi connectivity index (χ3v) is 7.07. The number of hydrogen-bond donors (Lipinski definition) is 1. The summed E-state index contributed by atoms with van der Waals surface area (Å²) in [5.41, 5.74) is 1.61. The van der Waals surface area contributed by atoms with Crippen LogP contribution in [0.1, 0.15) is 44.2 Å². The smallest absolute Gasteiger partial charge is 0.267 e. The maximum absolute atomic E-state index is 13.4. The molecule has 0 aliphatic carbocycles. The highest BCUT2D eigenvalue weighted by Crippen LogP contribution is 2.35. The van der Waals surface area contributed by atoms with Crippen molar-refractivity contribution in [1.29, 1.82) is 0 Å². The number of pyridine rings is 1. The Kier molecular flexibility index (Phi) is 6.45. The molecular weight excluding hydrogens is 432 g/mol. The first-order valence-electron chi connectivity index (χ1n) is 10.5. The molecule has 1 amide bonds. The Hall–Kier alpha value is -2.23. The molecule has 4 heterocycles. The zero-order valence-electron chi connectivity index (χ0n) is 17.9. The molecule has 0 saturated carbocycles. The Morgan fingerprint density at radius 1 is 1.45 bits per heavy atom. The van der Waals surface area contributed by atoms with Gasteiger partial charge in [-0.3, -0.25) is 18.9 Å². The van der Waals surface area contributed by atoms with Gasteiger partial charge in [0.15, 0.2) is 0 Å². The van der Waals surface area contributed by atoms with Gasteiger partial charge in [0.05, 0.1) is 16.6 Å². The van der Waals surface area contributed by atoms with Gasteiger partial charge in [0.1, 0.15) is 15.8 Å². The molecule has 31 heavy (non-hydrogen) atoms. The molecule has 2 aromatic heterocycles. The molecule has 164 valence electrons. The summed E-state index contributed by atoms with van der Waals surface area (Å²) in [5.74, 6) is 0.298. The first-order valence-corrected chi connectivity index (χ1v) is 11.8. The highest BCUT2D eigenvalue weighted by Gasteiger charge is 2.35. The van der Waals surface area contributed by atoms with Crippen molar-refractivity contribution in [3.05, 3.63) is 44.7 Å². The number of aromatic nitrogens is 2. The lowest BCUT2D eigenvalue weighted by atomic mass is 10.2. The van der Waals surface area contributed by atoms with Crippen LogP contribution in [0.3, 0.4) is 0 Å². The fourth-order valence-corrected chi connectivity index (χ4v) is 5.21. The zero-order valence-corrected chi connectivity index (χ0v) is 19.5. The number of hydrogen-bond acceptors (Lipinski definition) is 7. The molecule has 2 saturated heterocycles. The predicted octanol–water partition coefficient (Wildman–Crippen LogP) is 3.59. The van der Waals surface area contributed by atoms with E-state index in [1.54, 1.807) is 17.2 Å². The minimum Gasteiger partial charge on any atom is -0.376 e. The van der Waals surface area contributed by atoms with Crippen LogP contribution >= 0.6 is 24.0 Å². The highest BCUT2D eigenvalue weighted by atomic mass is 32.2.